The lowest BCUT2D eigenvalue weighted by atomic mass is 9.86. The van der Waals surface area contributed by atoms with Gasteiger partial charge in [-0.3, -0.25) is 4.79 Å². The highest BCUT2D eigenvalue weighted by Crippen LogP contribution is 2.31. The third-order valence-corrected chi connectivity index (χ3v) is 6.82. The predicted molar refractivity (Wildman–Crippen MR) is 109 cm³/mol. The number of rotatable bonds is 6. The molecule has 0 bridgehead atoms. The lowest BCUT2D eigenvalue weighted by Gasteiger charge is -2.30. The number of hydrogen-bond acceptors (Lipinski definition) is 6. The maximum Gasteiger partial charge on any atom is 0.233 e. The average Bonchev–Trinajstić information content (AvgIpc) is 3.06. The van der Waals surface area contributed by atoms with E-state index >= 15 is 0 Å². The zero-order chi connectivity index (χ0) is 18.5. The minimum absolute atomic E-state index is 0.0944. The highest BCUT2D eigenvalue weighted by Gasteiger charge is 2.25. The normalized spacial score (nSPS) is 21.2. The number of hydrogen-bond donors (Lipinski definition) is 2. The Hall–Kier alpha value is -1.60. The number of benzene rings is 1. The molecule has 0 unspecified atom stereocenters. The molecule has 1 aromatic carbocycles. The van der Waals surface area contributed by atoms with E-state index in [1.165, 1.54) is 47.9 Å². The van der Waals surface area contributed by atoms with Crippen LogP contribution < -0.4 is 10.6 Å². The van der Waals surface area contributed by atoms with Crippen molar-refractivity contribution >= 4 is 39.8 Å². The molecule has 1 aliphatic rings. The highest BCUT2D eigenvalue weighted by molar-refractivity contribution is 8.02. The molecular weight excluding hydrogens is 364 g/mol. The molecule has 0 aliphatic heterocycles. The van der Waals surface area contributed by atoms with E-state index in [-0.39, 0.29) is 11.2 Å². The van der Waals surface area contributed by atoms with Gasteiger partial charge in [0.05, 0.1) is 5.25 Å². The van der Waals surface area contributed by atoms with Gasteiger partial charge in [0.25, 0.3) is 0 Å². The number of aromatic nitrogens is 2. The molecule has 1 amide bonds. The Labute approximate surface area is 163 Å². The summed E-state index contributed by atoms with van der Waals surface area (Å²) in [6.45, 7) is 6.22. The first-order valence-electron chi connectivity index (χ1n) is 9.15. The van der Waals surface area contributed by atoms with Crippen LogP contribution in [0.1, 0.15) is 45.1 Å². The van der Waals surface area contributed by atoms with E-state index in [9.17, 15) is 4.79 Å². The summed E-state index contributed by atoms with van der Waals surface area (Å²) in [6, 6.07) is 8.46. The lowest BCUT2D eigenvalue weighted by molar-refractivity contribution is -0.121. The summed E-state index contributed by atoms with van der Waals surface area (Å²) in [5, 5.41) is 15.4. The molecule has 0 spiro atoms. The van der Waals surface area contributed by atoms with Crippen molar-refractivity contribution in [1.82, 2.24) is 15.5 Å². The Bertz CT molecular complexity index is 731. The zero-order valence-corrected chi connectivity index (χ0v) is 17.1. The molecule has 0 radical (unpaired) electrons. The first kappa shape index (κ1) is 19.2. The Morgan fingerprint density at radius 1 is 1.23 bits per heavy atom. The zero-order valence-electron chi connectivity index (χ0n) is 15.5. The van der Waals surface area contributed by atoms with E-state index in [1.54, 1.807) is 0 Å². The van der Waals surface area contributed by atoms with E-state index in [4.69, 9.17) is 0 Å². The Morgan fingerprint density at radius 2 is 1.96 bits per heavy atom. The van der Waals surface area contributed by atoms with Gasteiger partial charge >= 0.3 is 0 Å². The van der Waals surface area contributed by atoms with Crippen LogP contribution in [-0.4, -0.2) is 27.4 Å². The van der Waals surface area contributed by atoms with Gasteiger partial charge in [0.2, 0.25) is 11.0 Å². The molecule has 140 valence electrons. The molecule has 5 nitrogen and oxygen atoms in total. The first-order valence-corrected chi connectivity index (χ1v) is 10.8. The fourth-order valence-corrected chi connectivity index (χ4v) is 5.03. The van der Waals surface area contributed by atoms with Crippen LogP contribution in [0.2, 0.25) is 0 Å². The molecule has 2 N–H and O–H groups in total. The molecule has 1 heterocycles. The molecule has 1 fully saturated rings. The van der Waals surface area contributed by atoms with Crippen LogP contribution in [-0.2, 0) is 4.79 Å². The fraction of sp³-hybridized carbons (Fsp3) is 0.526. The molecular formula is C19H26N4OS2. The molecule has 26 heavy (non-hydrogen) atoms. The van der Waals surface area contributed by atoms with Crippen molar-refractivity contribution in [3.63, 3.8) is 0 Å². The van der Waals surface area contributed by atoms with Gasteiger partial charge in [-0.25, -0.2) is 0 Å². The minimum atomic E-state index is -0.177. The van der Waals surface area contributed by atoms with Crippen LogP contribution in [0.25, 0.3) is 0 Å². The smallest absolute Gasteiger partial charge is 0.233 e. The second-order valence-electron chi connectivity index (χ2n) is 7.00. The molecule has 3 rings (SSSR count). The number of nitrogens with one attached hydrogen (secondary N) is 2. The van der Waals surface area contributed by atoms with Crippen LogP contribution >= 0.6 is 23.1 Å². The second-order valence-corrected chi connectivity index (χ2v) is 9.57. The molecule has 1 aromatic heterocycles. The van der Waals surface area contributed by atoms with Gasteiger partial charge in [-0.1, -0.05) is 60.6 Å². The average molecular weight is 391 g/mol. The molecule has 1 saturated carbocycles. The number of anilines is 2. The topological polar surface area (TPSA) is 66.9 Å². The van der Waals surface area contributed by atoms with Crippen molar-refractivity contribution in [2.75, 3.05) is 5.32 Å². The van der Waals surface area contributed by atoms with Crippen molar-refractivity contribution in [2.24, 2.45) is 5.92 Å². The van der Waals surface area contributed by atoms with Gasteiger partial charge in [0, 0.05) is 11.7 Å². The number of thioether (sulfide) groups is 1. The molecule has 1 aliphatic carbocycles. The highest BCUT2D eigenvalue weighted by atomic mass is 32.2. The predicted octanol–water partition coefficient (Wildman–Crippen LogP) is 4.77. The van der Waals surface area contributed by atoms with Gasteiger partial charge in [-0.05, 0) is 44.7 Å². The number of nitrogens with zero attached hydrogens (tertiary/aromatic N) is 2. The second kappa shape index (κ2) is 8.86. The SMILES string of the molecule is Cc1ccc(Nc2nnc(S[C@H](C)C(=O)N[C@H]3CCCC[C@@H]3C)s2)cc1. The van der Waals surface area contributed by atoms with Crippen molar-refractivity contribution in [3.8, 4) is 0 Å². The molecule has 2 aromatic rings. The van der Waals surface area contributed by atoms with E-state index in [1.807, 2.05) is 19.1 Å². The Balaban J connectivity index is 1.52. The van der Waals surface area contributed by atoms with Crippen molar-refractivity contribution in [1.29, 1.82) is 0 Å². The summed E-state index contributed by atoms with van der Waals surface area (Å²) in [4.78, 5) is 12.5. The van der Waals surface area contributed by atoms with Crippen LogP contribution in [0.3, 0.4) is 0 Å². The standard InChI is InChI=1S/C19H26N4OS2/c1-12-8-10-15(11-9-12)20-18-22-23-19(26-18)25-14(3)17(24)21-16-7-5-4-6-13(16)2/h8-11,13-14,16H,4-7H2,1-3H3,(H,20,22)(H,21,24)/t13-,14+,16-/m0/s1. The number of aryl methyl sites for hydroxylation is 1. The van der Waals surface area contributed by atoms with Crippen molar-refractivity contribution in [2.45, 2.75) is 62.1 Å². The fourth-order valence-electron chi connectivity index (χ4n) is 3.10. The van der Waals surface area contributed by atoms with Crippen LogP contribution in [0.4, 0.5) is 10.8 Å². The first-order chi connectivity index (χ1) is 12.5. The number of carbonyl (C=O) groups excluding carboxylic acids is 1. The Kier molecular flexibility index (Phi) is 6.53. The monoisotopic (exact) mass is 390 g/mol. The van der Waals surface area contributed by atoms with Crippen LogP contribution in [0.5, 0.6) is 0 Å². The van der Waals surface area contributed by atoms with Crippen LogP contribution in [0.15, 0.2) is 28.6 Å². The summed E-state index contributed by atoms with van der Waals surface area (Å²) in [6.07, 6.45) is 4.78. The van der Waals surface area contributed by atoms with Crippen LogP contribution in [0, 0.1) is 12.8 Å². The maximum absolute atomic E-state index is 12.5. The molecule has 3 atom stereocenters. The maximum atomic E-state index is 12.5. The molecule has 0 saturated heterocycles. The van der Waals surface area contributed by atoms with E-state index in [0.717, 1.165) is 21.6 Å². The summed E-state index contributed by atoms with van der Waals surface area (Å²) in [7, 11) is 0. The summed E-state index contributed by atoms with van der Waals surface area (Å²) >= 11 is 2.94. The third kappa shape index (κ3) is 5.20. The summed E-state index contributed by atoms with van der Waals surface area (Å²) < 4.78 is 0.805. The third-order valence-electron chi connectivity index (χ3n) is 4.80. The van der Waals surface area contributed by atoms with Gasteiger partial charge in [-0.2, -0.15) is 0 Å². The minimum Gasteiger partial charge on any atom is -0.352 e. The number of carbonyl (C=O) groups is 1. The number of amides is 1. The van der Waals surface area contributed by atoms with Gasteiger partial charge < -0.3 is 10.6 Å². The molecule has 7 heteroatoms. The largest absolute Gasteiger partial charge is 0.352 e. The van der Waals surface area contributed by atoms with Crippen molar-refractivity contribution in [3.05, 3.63) is 29.8 Å². The van der Waals surface area contributed by atoms with Gasteiger partial charge in [0.1, 0.15) is 0 Å². The van der Waals surface area contributed by atoms with E-state index in [2.05, 4.69) is 46.8 Å². The summed E-state index contributed by atoms with van der Waals surface area (Å²) in [5.74, 6) is 0.661. The quantitative estimate of drug-likeness (QED) is 0.696. The Morgan fingerprint density at radius 3 is 2.69 bits per heavy atom. The van der Waals surface area contributed by atoms with E-state index < -0.39 is 0 Å². The lowest BCUT2D eigenvalue weighted by Crippen LogP contribution is -2.44. The summed E-state index contributed by atoms with van der Waals surface area (Å²) in [5.41, 5.74) is 2.21. The van der Waals surface area contributed by atoms with Gasteiger partial charge in [0.15, 0.2) is 4.34 Å². The van der Waals surface area contributed by atoms with Gasteiger partial charge in [-0.15, -0.1) is 10.2 Å². The van der Waals surface area contributed by atoms with Crippen molar-refractivity contribution < 1.29 is 4.79 Å². The van der Waals surface area contributed by atoms with E-state index in [0.29, 0.717) is 12.0 Å².